The molecule has 0 unspecified atom stereocenters. The van der Waals surface area contributed by atoms with Gasteiger partial charge in [-0.25, -0.2) is 18.1 Å². The summed E-state index contributed by atoms with van der Waals surface area (Å²) in [5.74, 6) is 0. The first kappa shape index (κ1) is 14.0. The summed E-state index contributed by atoms with van der Waals surface area (Å²) in [5, 5.41) is 0. The van der Waals surface area contributed by atoms with E-state index in [4.69, 9.17) is 5.73 Å². The second-order valence-corrected chi connectivity index (χ2v) is 6.56. The predicted molar refractivity (Wildman–Crippen MR) is 76.0 cm³/mol. The Hall–Kier alpha value is -1.38. The Morgan fingerprint density at radius 3 is 2.84 bits per heavy atom. The lowest BCUT2D eigenvalue weighted by Gasteiger charge is -2.08. The van der Waals surface area contributed by atoms with Crippen molar-refractivity contribution >= 4 is 31.6 Å². The molecule has 1 aromatic heterocycles. The number of nitrogens with two attached hydrogens (primary N) is 1. The number of halogens is 1. The number of anilines is 1. The van der Waals surface area contributed by atoms with Gasteiger partial charge in [0.05, 0.1) is 12.0 Å². The van der Waals surface area contributed by atoms with Gasteiger partial charge in [-0.3, -0.25) is 0 Å². The van der Waals surface area contributed by atoms with Crippen molar-refractivity contribution in [2.75, 3.05) is 12.3 Å². The van der Waals surface area contributed by atoms with Crippen LogP contribution in [0.5, 0.6) is 0 Å². The van der Waals surface area contributed by atoms with Crippen molar-refractivity contribution in [2.24, 2.45) is 0 Å². The number of aromatic nitrogens is 2. The third-order valence-electron chi connectivity index (χ3n) is 2.50. The summed E-state index contributed by atoms with van der Waals surface area (Å²) in [6.07, 6.45) is 3.74. The minimum absolute atomic E-state index is 0.0836. The van der Waals surface area contributed by atoms with Crippen molar-refractivity contribution in [3.63, 3.8) is 0 Å². The standard InChI is InChI=1S/C11H13BrN4O2S/c12-8-1-2-11(10(13)5-8)19(17,18)16-4-3-9-6-14-7-15-9/h1-2,5-7,16H,3-4,13H2,(H,14,15). The zero-order chi connectivity index (χ0) is 13.9. The number of hydrogen-bond acceptors (Lipinski definition) is 4. The number of rotatable bonds is 5. The molecule has 2 rings (SSSR count). The Labute approximate surface area is 119 Å². The number of aromatic amines is 1. The minimum Gasteiger partial charge on any atom is -0.398 e. The quantitative estimate of drug-likeness (QED) is 0.711. The number of H-pyrrole nitrogens is 1. The first-order valence-electron chi connectivity index (χ1n) is 5.51. The Kier molecular flexibility index (Phi) is 4.23. The maximum Gasteiger partial charge on any atom is 0.242 e. The summed E-state index contributed by atoms with van der Waals surface area (Å²) in [7, 11) is -3.59. The first-order valence-corrected chi connectivity index (χ1v) is 7.78. The number of nitrogens with one attached hydrogen (secondary N) is 2. The molecule has 1 heterocycles. The third kappa shape index (κ3) is 3.55. The van der Waals surface area contributed by atoms with Crippen LogP contribution in [0, 0.1) is 0 Å². The van der Waals surface area contributed by atoms with Gasteiger partial charge in [0.2, 0.25) is 10.0 Å². The molecule has 0 aliphatic rings. The fourth-order valence-electron chi connectivity index (χ4n) is 1.58. The number of imidazole rings is 1. The van der Waals surface area contributed by atoms with Gasteiger partial charge in [-0.1, -0.05) is 15.9 Å². The van der Waals surface area contributed by atoms with E-state index in [1.54, 1.807) is 24.7 Å². The van der Waals surface area contributed by atoms with Gasteiger partial charge >= 0.3 is 0 Å². The van der Waals surface area contributed by atoms with Crippen molar-refractivity contribution in [1.82, 2.24) is 14.7 Å². The van der Waals surface area contributed by atoms with Crippen molar-refractivity contribution in [2.45, 2.75) is 11.3 Å². The first-order chi connectivity index (χ1) is 8.99. The van der Waals surface area contributed by atoms with Gasteiger partial charge < -0.3 is 10.7 Å². The average Bonchev–Trinajstić information content (AvgIpc) is 2.81. The molecule has 19 heavy (non-hydrogen) atoms. The van der Waals surface area contributed by atoms with E-state index in [1.165, 1.54) is 6.07 Å². The summed E-state index contributed by atoms with van der Waals surface area (Å²) >= 11 is 3.24. The van der Waals surface area contributed by atoms with Crippen molar-refractivity contribution in [1.29, 1.82) is 0 Å². The van der Waals surface area contributed by atoms with Crippen LogP contribution in [-0.4, -0.2) is 24.9 Å². The maximum atomic E-state index is 12.1. The molecule has 0 spiro atoms. The van der Waals surface area contributed by atoms with E-state index in [9.17, 15) is 8.42 Å². The second-order valence-electron chi connectivity index (χ2n) is 3.91. The highest BCUT2D eigenvalue weighted by Gasteiger charge is 2.16. The van der Waals surface area contributed by atoms with E-state index < -0.39 is 10.0 Å². The number of nitrogen functional groups attached to an aromatic ring is 1. The Balaban J connectivity index is 2.05. The molecule has 8 heteroatoms. The third-order valence-corrected chi connectivity index (χ3v) is 4.53. The summed E-state index contributed by atoms with van der Waals surface area (Å²) in [6, 6.07) is 4.67. The smallest absolute Gasteiger partial charge is 0.242 e. The van der Waals surface area contributed by atoms with Crippen LogP contribution in [0.1, 0.15) is 5.69 Å². The van der Waals surface area contributed by atoms with Crippen molar-refractivity contribution in [3.05, 3.63) is 40.9 Å². The summed E-state index contributed by atoms with van der Waals surface area (Å²) in [5.41, 5.74) is 6.79. The molecule has 0 atom stereocenters. The van der Waals surface area contributed by atoms with Crippen LogP contribution >= 0.6 is 15.9 Å². The molecule has 6 nitrogen and oxygen atoms in total. The molecule has 0 radical (unpaired) electrons. The second kappa shape index (κ2) is 5.72. The maximum absolute atomic E-state index is 12.1. The normalized spacial score (nSPS) is 11.6. The van der Waals surface area contributed by atoms with Crippen LogP contribution in [0.25, 0.3) is 0 Å². The molecule has 102 valence electrons. The van der Waals surface area contributed by atoms with Gasteiger partial charge in [-0.15, -0.1) is 0 Å². The van der Waals surface area contributed by atoms with Gasteiger partial charge in [-0.2, -0.15) is 0 Å². The highest BCUT2D eigenvalue weighted by atomic mass is 79.9. The van der Waals surface area contributed by atoms with E-state index in [-0.39, 0.29) is 17.1 Å². The fourth-order valence-corrected chi connectivity index (χ4v) is 3.10. The zero-order valence-electron chi connectivity index (χ0n) is 9.93. The summed E-state index contributed by atoms with van der Waals surface area (Å²) in [6.45, 7) is 0.278. The highest BCUT2D eigenvalue weighted by molar-refractivity contribution is 9.10. The van der Waals surface area contributed by atoms with Crippen LogP contribution in [0.15, 0.2) is 40.1 Å². The summed E-state index contributed by atoms with van der Waals surface area (Å²) < 4.78 is 27.4. The van der Waals surface area contributed by atoms with E-state index in [2.05, 4.69) is 30.6 Å². The number of benzene rings is 1. The molecular formula is C11H13BrN4O2S. The predicted octanol–water partition coefficient (Wildman–Crippen LogP) is 1.28. The molecule has 2 aromatic rings. The minimum atomic E-state index is -3.59. The number of nitrogens with zero attached hydrogens (tertiary/aromatic N) is 1. The lowest BCUT2D eigenvalue weighted by molar-refractivity contribution is 0.582. The SMILES string of the molecule is Nc1cc(Br)ccc1S(=O)(=O)NCCc1cnc[nH]1. The molecule has 0 amide bonds. The lowest BCUT2D eigenvalue weighted by atomic mass is 10.3. The molecule has 0 fully saturated rings. The summed E-state index contributed by atoms with van der Waals surface area (Å²) in [4.78, 5) is 6.85. The number of hydrogen-bond donors (Lipinski definition) is 3. The highest BCUT2D eigenvalue weighted by Crippen LogP contribution is 2.22. The molecule has 0 aliphatic carbocycles. The Morgan fingerprint density at radius 2 is 2.21 bits per heavy atom. The van der Waals surface area contributed by atoms with Crippen molar-refractivity contribution in [3.8, 4) is 0 Å². The molecule has 1 aromatic carbocycles. The monoisotopic (exact) mass is 344 g/mol. The molecule has 0 saturated heterocycles. The van der Waals surface area contributed by atoms with Crippen molar-refractivity contribution < 1.29 is 8.42 Å². The van der Waals surface area contributed by atoms with Crippen LogP contribution in [0.3, 0.4) is 0 Å². The molecular weight excluding hydrogens is 332 g/mol. The van der Waals surface area contributed by atoms with E-state index >= 15 is 0 Å². The van der Waals surface area contributed by atoms with Gasteiger partial charge in [0, 0.05) is 29.3 Å². The Morgan fingerprint density at radius 1 is 1.42 bits per heavy atom. The van der Waals surface area contributed by atoms with E-state index in [0.717, 1.165) is 10.2 Å². The fraction of sp³-hybridized carbons (Fsp3) is 0.182. The van der Waals surface area contributed by atoms with Gasteiger partial charge in [0.15, 0.2) is 0 Å². The van der Waals surface area contributed by atoms with E-state index in [0.29, 0.717) is 6.42 Å². The van der Waals surface area contributed by atoms with Gasteiger partial charge in [-0.05, 0) is 18.2 Å². The van der Waals surface area contributed by atoms with Gasteiger partial charge in [0.1, 0.15) is 4.90 Å². The average molecular weight is 345 g/mol. The zero-order valence-corrected chi connectivity index (χ0v) is 12.3. The van der Waals surface area contributed by atoms with Crippen LogP contribution in [0.4, 0.5) is 5.69 Å². The molecule has 4 N–H and O–H groups in total. The van der Waals surface area contributed by atoms with Crippen LogP contribution in [-0.2, 0) is 16.4 Å². The van der Waals surface area contributed by atoms with Crippen LogP contribution < -0.4 is 10.5 Å². The Bertz CT molecular complexity index is 655. The molecule has 0 aliphatic heterocycles. The topological polar surface area (TPSA) is 101 Å². The molecule has 0 saturated carbocycles. The van der Waals surface area contributed by atoms with E-state index in [1.807, 2.05) is 0 Å². The molecule has 0 bridgehead atoms. The lowest BCUT2D eigenvalue weighted by Crippen LogP contribution is -2.26. The number of sulfonamides is 1. The largest absolute Gasteiger partial charge is 0.398 e. The van der Waals surface area contributed by atoms with Gasteiger partial charge in [0.25, 0.3) is 0 Å². The van der Waals surface area contributed by atoms with Crippen LogP contribution in [0.2, 0.25) is 0 Å².